The highest BCUT2D eigenvalue weighted by Gasteiger charge is 2.10. The molecule has 3 atom stereocenters. The van der Waals surface area contributed by atoms with Crippen LogP contribution in [0, 0.1) is 0 Å². The van der Waals surface area contributed by atoms with Crippen LogP contribution in [0.2, 0.25) is 0 Å². The Kier molecular flexibility index (Phi) is 27.0. The minimum absolute atomic E-state index is 0.0833. The minimum atomic E-state index is 0.0833. The van der Waals surface area contributed by atoms with Gasteiger partial charge >= 0.3 is 0 Å². The molecule has 180 valence electrons. The zero-order valence-electron chi connectivity index (χ0n) is 21.3. The van der Waals surface area contributed by atoms with E-state index in [2.05, 4.69) is 36.7 Å². The van der Waals surface area contributed by atoms with Crippen LogP contribution < -0.4 is 16.0 Å². The molecule has 0 saturated heterocycles. The lowest BCUT2D eigenvalue weighted by Gasteiger charge is -2.10. The lowest BCUT2D eigenvalue weighted by molar-refractivity contribution is -0.119. The van der Waals surface area contributed by atoms with Crippen LogP contribution in [0.1, 0.15) is 99.3 Å². The Labute approximate surface area is 186 Å². The second kappa shape index (κ2) is 24.2. The fraction of sp³-hybridized carbons (Fsp3) is 0.875. The summed E-state index contributed by atoms with van der Waals surface area (Å²) in [5.41, 5.74) is 0. The summed E-state index contributed by atoms with van der Waals surface area (Å²) in [7, 11) is 5.51. The summed E-state index contributed by atoms with van der Waals surface area (Å²) >= 11 is 0. The third-order valence-electron chi connectivity index (χ3n) is 5.06. The van der Waals surface area contributed by atoms with Crippen LogP contribution in [-0.4, -0.2) is 56.6 Å². The number of rotatable bonds is 15. The maximum Gasteiger partial charge on any atom is 0.146 e. The van der Waals surface area contributed by atoms with Crippen molar-refractivity contribution in [2.24, 2.45) is 0 Å². The van der Waals surface area contributed by atoms with Crippen molar-refractivity contribution in [3.8, 4) is 0 Å². The highest BCUT2D eigenvalue weighted by Crippen LogP contribution is 2.01. The van der Waals surface area contributed by atoms with Crippen molar-refractivity contribution >= 4 is 17.3 Å². The number of unbranched alkanes of at least 4 members (excludes halogenated alkanes) is 3. The van der Waals surface area contributed by atoms with Crippen LogP contribution in [0.25, 0.3) is 0 Å². The number of likely N-dealkylation sites (N-methyl/N-ethyl adjacent to an activating group) is 3. The smallest absolute Gasteiger partial charge is 0.146 e. The van der Waals surface area contributed by atoms with Gasteiger partial charge in [0.2, 0.25) is 0 Å². The first-order valence-corrected chi connectivity index (χ1v) is 11.7. The normalized spacial score (nSPS) is 13.1. The van der Waals surface area contributed by atoms with Gasteiger partial charge in [-0.15, -0.1) is 0 Å². The molecular weight excluding hydrogens is 378 g/mol. The van der Waals surface area contributed by atoms with Crippen molar-refractivity contribution in [2.75, 3.05) is 21.1 Å². The fourth-order valence-electron chi connectivity index (χ4n) is 2.88. The first-order chi connectivity index (χ1) is 14.2. The van der Waals surface area contributed by atoms with Gasteiger partial charge in [0, 0.05) is 0 Å². The van der Waals surface area contributed by atoms with Crippen molar-refractivity contribution in [3.63, 3.8) is 0 Å². The van der Waals surface area contributed by atoms with E-state index in [1.54, 1.807) is 20.8 Å². The Bertz CT molecular complexity index is 366. The lowest BCUT2D eigenvalue weighted by Crippen LogP contribution is -2.31. The monoisotopic (exact) mass is 429 g/mol. The minimum Gasteiger partial charge on any atom is -0.311 e. The second-order valence-electron chi connectivity index (χ2n) is 7.78. The van der Waals surface area contributed by atoms with Gasteiger partial charge in [0.05, 0.1) is 18.1 Å². The van der Waals surface area contributed by atoms with Crippen LogP contribution in [-0.2, 0) is 14.4 Å². The lowest BCUT2D eigenvalue weighted by atomic mass is 10.1. The molecule has 0 rings (SSSR count). The number of hydrogen-bond donors (Lipinski definition) is 3. The summed E-state index contributed by atoms with van der Waals surface area (Å²) in [4.78, 5) is 32.5. The number of carbonyl (C=O) groups is 3. The molecule has 0 heterocycles. The summed E-state index contributed by atoms with van der Waals surface area (Å²) in [6, 6.07) is 0.250. The molecular formula is C24H51N3O3. The van der Waals surface area contributed by atoms with Crippen LogP contribution in [0.15, 0.2) is 0 Å². The van der Waals surface area contributed by atoms with Crippen LogP contribution in [0.5, 0.6) is 0 Å². The Morgan fingerprint density at radius 1 is 0.533 bits per heavy atom. The Hall–Kier alpha value is -1.11. The van der Waals surface area contributed by atoms with E-state index < -0.39 is 0 Å². The van der Waals surface area contributed by atoms with Crippen molar-refractivity contribution in [1.82, 2.24) is 16.0 Å². The Morgan fingerprint density at radius 3 is 0.833 bits per heavy atom. The van der Waals surface area contributed by atoms with E-state index in [4.69, 9.17) is 0 Å². The molecule has 0 aromatic heterocycles. The first kappa shape index (κ1) is 33.5. The van der Waals surface area contributed by atoms with Gasteiger partial charge in [-0.2, -0.15) is 0 Å². The maximum absolute atomic E-state index is 10.8. The molecule has 0 aliphatic heterocycles. The molecule has 0 aliphatic rings. The Morgan fingerprint density at radius 2 is 0.733 bits per heavy atom. The highest BCUT2D eigenvalue weighted by atomic mass is 16.1. The van der Waals surface area contributed by atoms with E-state index in [0.717, 1.165) is 57.8 Å². The van der Waals surface area contributed by atoms with E-state index in [-0.39, 0.29) is 35.5 Å². The molecule has 0 bridgehead atoms. The fourth-order valence-corrected chi connectivity index (χ4v) is 2.88. The summed E-state index contributed by atoms with van der Waals surface area (Å²) < 4.78 is 0. The average Bonchev–Trinajstić information content (AvgIpc) is 2.70. The largest absolute Gasteiger partial charge is 0.311 e. The molecule has 0 fully saturated rings. The van der Waals surface area contributed by atoms with Gasteiger partial charge in [-0.05, 0) is 61.2 Å². The summed E-state index contributed by atoms with van der Waals surface area (Å²) in [5, 5.41) is 8.96. The Balaban J connectivity index is -0.000000364. The summed E-state index contributed by atoms with van der Waals surface area (Å²) in [5.74, 6) is 0.739. The molecule has 0 saturated carbocycles. The molecule has 0 aromatic carbocycles. The summed E-state index contributed by atoms with van der Waals surface area (Å²) in [6.07, 6.45) is 9.79. The molecule has 3 N–H and O–H groups in total. The molecule has 6 nitrogen and oxygen atoms in total. The van der Waals surface area contributed by atoms with Crippen molar-refractivity contribution in [2.45, 2.75) is 117 Å². The third kappa shape index (κ3) is 21.6. The van der Waals surface area contributed by atoms with Gasteiger partial charge < -0.3 is 16.0 Å². The molecule has 0 aliphatic carbocycles. The van der Waals surface area contributed by atoms with E-state index in [1.165, 1.54) is 0 Å². The molecule has 0 spiro atoms. The van der Waals surface area contributed by atoms with Gasteiger partial charge in [-0.25, -0.2) is 0 Å². The van der Waals surface area contributed by atoms with Crippen LogP contribution >= 0.6 is 0 Å². The number of carbonyl (C=O) groups excluding carboxylic acids is 3. The number of ketones is 3. The predicted octanol–water partition coefficient (Wildman–Crippen LogP) is 4.06. The quantitative estimate of drug-likeness (QED) is 0.364. The van der Waals surface area contributed by atoms with Gasteiger partial charge in [0.15, 0.2) is 0 Å². The zero-order chi connectivity index (χ0) is 23.9. The van der Waals surface area contributed by atoms with Crippen molar-refractivity contribution < 1.29 is 14.4 Å². The van der Waals surface area contributed by atoms with E-state index in [0.29, 0.717) is 0 Å². The van der Waals surface area contributed by atoms with Crippen molar-refractivity contribution in [3.05, 3.63) is 0 Å². The number of Topliss-reactive ketones (excluding diaryl/α,β-unsaturated/α-hetero) is 3. The molecule has 0 radical (unpaired) electrons. The molecule has 30 heavy (non-hydrogen) atoms. The SMILES string of the molecule is CCCC[C@H](NC)C(C)=O.CCCC[C@H](NC)C(C)=O.CCCC[C@H](NC)C(C)=O. The standard InChI is InChI=1S/3C8H17NO/c3*1-4-5-6-8(9-3)7(2)10/h3*8-9H,4-6H2,1-3H3/t3*8-/m000/s1. The van der Waals surface area contributed by atoms with Gasteiger partial charge in [-0.3, -0.25) is 14.4 Å². The third-order valence-corrected chi connectivity index (χ3v) is 5.06. The molecule has 6 heteroatoms. The van der Waals surface area contributed by atoms with E-state index >= 15 is 0 Å². The average molecular weight is 430 g/mol. The van der Waals surface area contributed by atoms with Crippen LogP contribution in [0.3, 0.4) is 0 Å². The van der Waals surface area contributed by atoms with Crippen molar-refractivity contribution in [1.29, 1.82) is 0 Å². The molecule has 0 unspecified atom stereocenters. The van der Waals surface area contributed by atoms with Gasteiger partial charge in [0.1, 0.15) is 17.3 Å². The van der Waals surface area contributed by atoms with Gasteiger partial charge in [-0.1, -0.05) is 59.3 Å². The molecule has 0 amide bonds. The maximum atomic E-state index is 10.8. The molecule has 0 aromatic rings. The second-order valence-corrected chi connectivity index (χ2v) is 7.78. The first-order valence-electron chi connectivity index (χ1n) is 11.7. The highest BCUT2D eigenvalue weighted by molar-refractivity contribution is 5.82. The van der Waals surface area contributed by atoms with Crippen LogP contribution in [0.4, 0.5) is 0 Å². The summed E-state index contributed by atoms with van der Waals surface area (Å²) in [6.45, 7) is 11.3. The predicted molar refractivity (Wildman–Crippen MR) is 129 cm³/mol. The number of hydrogen-bond acceptors (Lipinski definition) is 6. The van der Waals surface area contributed by atoms with E-state index in [1.807, 2.05) is 21.1 Å². The van der Waals surface area contributed by atoms with Gasteiger partial charge in [0.25, 0.3) is 0 Å². The zero-order valence-corrected chi connectivity index (χ0v) is 21.3. The van der Waals surface area contributed by atoms with E-state index in [9.17, 15) is 14.4 Å². The topological polar surface area (TPSA) is 87.3 Å². The number of nitrogens with one attached hydrogen (secondary N) is 3.